The van der Waals surface area contributed by atoms with Gasteiger partial charge in [0, 0.05) is 11.6 Å². The maximum atomic E-state index is 5.90. The lowest BCUT2D eigenvalue weighted by Crippen LogP contribution is -2.04. The van der Waals surface area contributed by atoms with Gasteiger partial charge in [0.25, 0.3) is 0 Å². The van der Waals surface area contributed by atoms with E-state index in [1.54, 1.807) is 23.0 Å². The van der Waals surface area contributed by atoms with Crippen LogP contribution in [0.3, 0.4) is 0 Å². The number of anilines is 1. The van der Waals surface area contributed by atoms with Crippen molar-refractivity contribution < 1.29 is 4.74 Å². The molecule has 0 saturated heterocycles. The van der Waals surface area contributed by atoms with Crippen LogP contribution in [-0.2, 0) is 13.2 Å². The number of nitrogen functional groups attached to an aromatic ring is 1. The number of nitrogens with two attached hydrogens (primary N) is 1. The van der Waals surface area contributed by atoms with Crippen molar-refractivity contribution in [2.45, 2.75) is 20.1 Å². The summed E-state index contributed by atoms with van der Waals surface area (Å²) >= 11 is 5.79. The summed E-state index contributed by atoms with van der Waals surface area (Å²) < 4.78 is 7.33. The average molecular weight is 252 g/mol. The zero-order valence-corrected chi connectivity index (χ0v) is 10.3. The third-order valence-corrected chi connectivity index (χ3v) is 2.72. The van der Waals surface area contributed by atoms with Gasteiger partial charge in [0.05, 0.1) is 11.8 Å². The molecule has 4 nitrogen and oxygen atoms in total. The van der Waals surface area contributed by atoms with E-state index in [1.807, 2.05) is 19.1 Å². The Morgan fingerprint density at radius 2 is 2.06 bits per heavy atom. The Bertz CT molecular complexity index is 493. The molecule has 0 amide bonds. The number of halogens is 1. The molecule has 2 N–H and O–H groups in total. The van der Waals surface area contributed by atoms with Crippen molar-refractivity contribution in [3.8, 4) is 5.75 Å². The van der Waals surface area contributed by atoms with Crippen LogP contribution in [0.1, 0.15) is 12.5 Å². The van der Waals surface area contributed by atoms with E-state index >= 15 is 0 Å². The number of hydrogen-bond donors (Lipinski definition) is 1. The Morgan fingerprint density at radius 1 is 1.35 bits per heavy atom. The van der Waals surface area contributed by atoms with Gasteiger partial charge in [0.15, 0.2) is 0 Å². The Labute approximate surface area is 105 Å². The highest BCUT2D eigenvalue weighted by atomic mass is 35.5. The molecule has 0 saturated carbocycles. The summed E-state index contributed by atoms with van der Waals surface area (Å²) in [4.78, 5) is 0. The molecule has 0 unspecified atom stereocenters. The first-order chi connectivity index (χ1) is 8.20. The normalized spacial score (nSPS) is 10.5. The molecule has 0 aliphatic carbocycles. The maximum Gasteiger partial charge on any atom is 0.128 e. The number of aryl methyl sites for hydroxylation is 1. The Hall–Kier alpha value is -1.68. The third-order valence-electron chi connectivity index (χ3n) is 2.47. The third kappa shape index (κ3) is 2.71. The summed E-state index contributed by atoms with van der Waals surface area (Å²) in [6.45, 7) is 3.16. The van der Waals surface area contributed by atoms with Gasteiger partial charge in [-0.15, -0.1) is 0 Å². The van der Waals surface area contributed by atoms with Gasteiger partial charge in [-0.3, -0.25) is 4.68 Å². The summed E-state index contributed by atoms with van der Waals surface area (Å²) in [6, 6.07) is 7.22. The Balaban J connectivity index is 2.02. The zero-order valence-electron chi connectivity index (χ0n) is 9.56. The van der Waals surface area contributed by atoms with Crippen LogP contribution in [0.4, 0.5) is 5.82 Å². The molecule has 17 heavy (non-hydrogen) atoms. The van der Waals surface area contributed by atoms with Crippen LogP contribution >= 0.6 is 11.6 Å². The molecule has 2 aromatic rings. The van der Waals surface area contributed by atoms with E-state index in [-0.39, 0.29) is 0 Å². The lowest BCUT2D eigenvalue weighted by molar-refractivity contribution is 0.307. The second-order valence-electron chi connectivity index (χ2n) is 3.61. The van der Waals surface area contributed by atoms with Gasteiger partial charge in [-0.05, 0) is 31.2 Å². The molecule has 5 heteroatoms. The minimum atomic E-state index is 0.410. The van der Waals surface area contributed by atoms with Crippen LogP contribution in [-0.4, -0.2) is 9.78 Å². The molecular weight excluding hydrogens is 238 g/mol. The van der Waals surface area contributed by atoms with Gasteiger partial charge in [-0.2, -0.15) is 5.10 Å². The summed E-state index contributed by atoms with van der Waals surface area (Å²) in [6.07, 6.45) is 1.73. The van der Waals surface area contributed by atoms with E-state index in [9.17, 15) is 0 Å². The minimum Gasteiger partial charge on any atom is -0.489 e. The van der Waals surface area contributed by atoms with Gasteiger partial charge in [0.2, 0.25) is 0 Å². The van der Waals surface area contributed by atoms with Gasteiger partial charge < -0.3 is 10.5 Å². The molecule has 1 aromatic carbocycles. The highest BCUT2D eigenvalue weighted by molar-refractivity contribution is 6.30. The predicted octanol–water partition coefficient (Wildman–Crippen LogP) is 2.72. The molecule has 2 rings (SSSR count). The van der Waals surface area contributed by atoms with Crippen molar-refractivity contribution in [1.29, 1.82) is 0 Å². The first kappa shape index (κ1) is 11.8. The largest absolute Gasteiger partial charge is 0.489 e. The highest BCUT2D eigenvalue weighted by Gasteiger charge is 2.06. The van der Waals surface area contributed by atoms with Gasteiger partial charge in [-0.1, -0.05) is 11.6 Å². The van der Waals surface area contributed by atoms with Crippen molar-refractivity contribution in [1.82, 2.24) is 9.78 Å². The molecule has 0 atom stereocenters. The predicted molar refractivity (Wildman–Crippen MR) is 68.1 cm³/mol. The molecule has 1 heterocycles. The molecule has 90 valence electrons. The molecule has 0 spiro atoms. The van der Waals surface area contributed by atoms with Crippen LogP contribution in [0.15, 0.2) is 30.5 Å². The zero-order chi connectivity index (χ0) is 12.3. The lowest BCUT2D eigenvalue weighted by Gasteiger charge is -2.06. The van der Waals surface area contributed by atoms with E-state index in [1.165, 1.54) is 0 Å². The number of nitrogens with zero attached hydrogens (tertiary/aromatic N) is 2. The van der Waals surface area contributed by atoms with Crippen LogP contribution in [0.25, 0.3) is 0 Å². The van der Waals surface area contributed by atoms with E-state index in [2.05, 4.69) is 5.10 Å². The fourth-order valence-electron chi connectivity index (χ4n) is 1.49. The molecule has 0 fully saturated rings. The standard InChI is InChI=1S/C12H14ClN3O/c1-2-16-12(14)9(7-15-16)8-17-11-5-3-10(13)4-6-11/h3-7H,2,8,14H2,1H3. The molecule has 0 bridgehead atoms. The van der Waals surface area contributed by atoms with Crippen molar-refractivity contribution in [2.75, 3.05) is 5.73 Å². The van der Waals surface area contributed by atoms with Crippen molar-refractivity contribution in [2.24, 2.45) is 0 Å². The Morgan fingerprint density at radius 3 is 2.65 bits per heavy atom. The van der Waals surface area contributed by atoms with Crippen molar-refractivity contribution in [3.05, 3.63) is 41.0 Å². The summed E-state index contributed by atoms with van der Waals surface area (Å²) in [7, 11) is 0. The van der Waals surface area contributed by atoms with Crippen molar-refractivity contribution in [3.63, 3.8) is 0 Å². The molecule has 0 aliphatic heterocycles. The number of ether oxygens (including phenoxy) is 1. The first-order valence-electron chi connectivity index (χ1n) is 5.39. The fraction of sp³-hybridized carbons (Fsp3) is 0.250. The molecular formula is C12H14ClN3O. The fourth-order valence-corrected chi connectivity index (χ4v) is 1.61. The topological polar surface area (TPSA) is 53.1 Å². The van der Waals surface area contributed by atoms with E-state index in [0.29, 0.717) is 17.4 Å². The highest BCUT2D eigenvalue weighted by Crippen LogP contribution is 2.18. The summed E-state index contributed by atoms with van der Waals surface area (Å²) in [5, 5.41) is 4.84. The molecule has 0 aliphatic rings. The molecule has 0 radical (unpaired) electrons. The number of rotatable bonds is 4. The van der Waals surface area contributed by atoms with Crippen LogP contribution in [0, 0.1) is 0 Å². The van der Waals surface area contributed by atoms with E-state index in [4.69, 9.17) is 22.1 Å². The lowest BCUT2D eigenvalue weighted by atomic mass is 10.3. The summed E-state index contributed by atoms with van der Waals surface area (Å²) in [5.74, 6) is 1.42. The van der Waals surface area contributed by atoms with E-state index in [0.717, 1.165) is 17.9 Å². The van der Waals surface area contributed by atoms with Crippen LogP contribution < -0.4 is 10.5 Å². The number of hydrogen-bond acceptors (Lipinski definition) is 3. The smallest absolute Gasteiger partial charge is 0.128 e. The maximum absolute atomic E-state index is 5.90. The summed E-state index contributed by atoms with van der Waals surface area (Å²) in [5.41, 5.74) is 6.79. The van der Waals surface area contributed by atoms with Crippen molar-refractivity contribution >= 4 is 17.4 Å². The SMILES string of the molecule is CCn1ncc(COc2ccc(Cl)cc2)c1N. The average Bonchev–Trinajstić information content (AvgIpc) is 2.69. The Kier molecular flexibility index (Phi) is 3.54. The van der Waals surface area contributed by atoms with Crippen LogP contribution in [0.5, 0.6) is 5.75 Å². The second kappa shape index (κ2) is 5.10. The second-order valence-corrected chi connectivity index (χ2v) is 4.05. The van der Waals surface area contributed by atoms with E-state index < -0.39 is 0 Å². The monoisotopic (exact) mass is 251 g/mol. The quantitative estimate of drug-likeness (QED) is 0.909. The van der Waals surface area contributed by atoms with Gasteiger partial charge in [0.1, 0.15) is 18.2 Å². The number of aromatic nitrogens is 2. The van der Waals surface area contributed by atoms with Gasteiger partial charge in [-0.25, -0.2) is 0 Å². The van der Waals surface area contributed by atoms with Crippen LogP contribution in [0.2, 0.25) is 5.02 Å². The first-order valence-corrected chi connectivity index (χ1v) is 5.77. The molecule has 1 aromatic heterocycles. The number of benzene rings is 1. The van der Waals surface area contributed by atoms with Gasteiger partial charge >= 0.3 is 0 Å². The minimum absolute atomic E-state index is 0.410.